The number of halogens is 1. The van der Waals surface area contributed by atoms with Gasteiger partial charge in [0, 0.05) is 6.04 Å². The lowest BCUT2D eigenvalue weighted by Crippen LogP contribution is -2.12. The van der Waals surface area contributed by atoms with E-state index in [1.165, 1.54) is 26.4 Å². The third-order valence-corrected chi connectivity index (χ3v) is 2.44. The van der Waals surface area contributed by atoms with E-state index >= 15 is 0 Å². The minimum atomic E-state index is -0.741. The van der Waals surface area contributed by atoms with Crippen LogP contribution < -0.4 is 15.2 Å². The van der Waals surface area contributed by atoms with Gasteiger partial charge < -0.3 is 15.2 Å². The molecule has 8 heteroatoms. The van der Waals surface area contributed by atoms with Gasteiger partial charge in [-0.1, -0.05) is 0 Å². The van der Waals surface area contributed by atoms with Crippen LogP contribution in [0.5, 0.6) is 11.5 Å². The lowest BCUT2D eigenvalue weighted by molar-refractivity contribution is -0.385. The summed E-state index contributed by atoms with van der Waals surface area (Å²) in [5.74, 6) is 0.587. The Labute approximate surface area is 116 Å². The Balaban J connectivity index is 0.00000324. The third kappa shape index (κ3) is 3.71. The number of benzene rings is 1. The van der Waals surface area contributed by atoms with Crippen molar-refractivity contribution in [1.29, 1.82) is 5.26 Å². The minimum absolute atomic E-state index is 0. The molecule has 0 aliphatic carbocycles. The zero-order valence-electron chi connectivity index (χ0n) is 10.5. The minimum Gasteiger partial charge on any atom is -0.493 e. The number of nitro benzene ring substituents is 1. The van der Waals surface area contributed by atoms with Crippen molar-refractivity contribution in [3.63, 3.8) is 0 Å². The molecule has 0 unspecified atom stereocenters. The van der Waals surface area contributed by atoms with Crippen LogP contribution in [0.2, 0.25) is 0 Å². The SMILES string of the molecule is COc1cc([C@H](N)CC#N)c([N+](=O)[O-])cc1OC.Cl. The molecule has 7 nitrogen and oxygen atoms in total. The first-order valence-corrected chi connectivity index (χ1v) is 5.08. The Morgan fingerprint density at radius 1 is 1.42 bits per heavy atom. The number of rotatable bonds is 5. The molecule has 0 spiro atoms. The van der Waals surface area contributed by atoms with Crippen molar-refractivity contribution in [2.45, 2.75) is 12.5 Å². The second-order valence-corrected chi connectivity index (χ2v) is 3.49. The second kappa shape index (κ2) is 7.41. The first kappa shape index (κ1) is 17.0. The Kier molecular flexibility index (Phi) is 6.61. The highest BCUT2D eigenvalue weighted by atomic mass is 35.5. The van der Waals surface area contributed by atoms with Gasteiger partial charge in [-0.2, -0.15) is 5.26 Å². The van der Waals surface area contributed by atoms with Crippen molar-refractivity contribution in [2.24, 2.45) is 5.73 Å². The fourth-order valence-corrected chi connectivity index (χ4v) is 1.55. The highest BCUT2D eigenvalue weighted by molar-refractivity contribution is 5.85. The molecule has 0 saturated heterocycles. The fraction of sp³-hybridized carbons (Fsp3) is 0.364. The number of hydrogen-bond acceptors (Lipinski definition) is 6. The molecule has 19 heavy (non-hydrogen) atoms. The van der Waals surface area contributed by atoms with E-state index in [2.05, 4.69) is 0 Å². The van der Waals surface area contributed by atoms with Gasteiger partial charge in [0.2, 0.25) is 0 Å². The molecule has 0 aromatic heterocycles. The molecule has 104 valence electrons. The van der Waals surface area contributed by atoms with Crippen molar-refractivity contribution in [2.75, 3.05) is 14.2 Å². The lowest BCUT2D eigenvalue weighted by Gasteiger charge is -2.13. The first-order chi connectivity index (χ1) is 8.54. The van der Waals surface area contributed by atoms with Crippen LogP contribution in [0, 0.1) is 21.4 Å². The van der Waals surface area contributed by atoms with E-state index in [0.29, 0.717) is 5.75 Å². The third-order valence-electron chi connectivity index (χ3n) is 2.44. The summed E-state index contributed by atoms with van der Waals surface area (Å²) < 4.78 is 10.0. The maximum Gasteiger partial charge on any atom is 0.278 e. The molecule has 0 saturated carbocycles. The zero-order valence-corrected chi connectivity index (χ0v) is 11.3. The molecule has 2 N–H and O–H groups in total. The van der Waals surface area contributed by atoms with Crippen LogP contribution in [-0.4, -0.2) is 19.1 Å². The lowest BCUT2D eigenvalue weighted by atomic mass is 10.0. The number of hydrogen-bond donors (Lipinski definition) is 1. The normalized spacial score (nSPS) is 10.8. The summed E-state index contributed by atoms with van der Waals surface area (Å²) in [6.45, 7) is 0. The fourth-order valence-electron chi connectivity index (χ4n) is 1.55. The number of methoxy groups -OCH3 is 2. The van der Waals surface area contributed by atoms with Crippen LogP contribution in [0.3, 0.4) is 0 Å². The first-order valence-electron chi connectivity index (χ1n) is 5.08. The van der Waals surface area contributed by atoms with Crippen molar-refractivity contribution in [3.8, 4) is 17.6 Å². The maximum atomic E-state index is 11.0. The molecule has 0 bridgehead atoms. The molecule has 0 aliphatic rings. The Hall–Kier alpha value is -2.04. The highest BCUT2D eigenvalue weighted by Gasteiger charge is 2.23. The van der Waals surface area contributed by atoms with Gasteiger partial charge in [-0.3, -0.25) is 10.1 Å². The summed E-state index contributed by atoms with van der Waals surface area (Å²) in [6, 6.07) is 3.81. The zero-order chi connectivity index (χ0) is 13.7. The van der Waals surface area contributed by atoms with Gasteiger partial charge in [0.05, 0.1) is 43.3 Å². The van der Waals surface area contributed by atoms with E-state index in [0.717, 1.165) is 0 Å². The molecule has 1 aromatic rings. The van der Waals surface area contributed by atoms with Crippen molar-refractivity contribution >= 4 is 18.1 Å². The van der Waals surface area contributed by atoms with E-state index in [1.807, 2.05) is 6.07 Å². The van der Waals surface area contributed by atoms with E-state index in [4.69, 9.17) is 20.5 Å². The number of ether oxygens (including phenoxy) is 2. The summed E-state index contributed by atoms with van der Waals surface area (Å²) in [7, 11) is 2.81. The molecule has 0 radical (unpaired) electrons. The van der Waals surface area contributed by atoms with Gasteiger partial charge in [0.1, 0.15) is 0 Å². The summed E-state index contributed by atoms with van der Waals surface area (Å²) in [4.78, 5) is 10.4. The standard InChI is InChI=1S/C11H13N3O4.ClH/c1-17-10-5-7(8(13)3-4-12)9(14(15)16)6-11(10)18-2;/h5-6,8H,3,13H2,1-2H3;1H/t8-;/m1./s1. The summed E-state index contributed by atoms with van der Waals surface area (Å²) in [5.41, 5.74) is 5.80. The molecule has 0 heterocycles. The molecular formula is C11H14ClN3O4. The predicted octanol–water partition coefficient (Wildman–Crippen LogP) is 1.95. The average Bonchev–Trinajstić information content (AvgIpc) is 2.37. The van der Waals surface area contributed by atoms with E-state index in [1.54, 1.807) is 0 Å². The number of nitro groups is 1. The van der Waals surface area contributed by atoms with Crippen molar-refractivity contribution in [3.05, 3.63) is 27.8 Å². The molecule has 0 fully saturated rings. The second-order valence-electron chi connectivity index (χ2n) is 3.49. The van der Waals surface area contributed by atoms with Gasteiger partial charge in [0.15, 0.2) is 11.5 Å². The maximum absolute atomic E-state index is 11.0. The van der Waals surface area contributed by atoms with Crippen LogP contribution in [0.25, 0.3) is 0 Å². The highest BCUT2D eigenvalue weighted by Crippen LogP contribution is 2.37. The van der Waals surface area contributed by atoms with Gasteiger partial charge in [-0.25, -0.2) is 0 Å². The monoisotopic (exact) mass is 287 g/mol. The molecule has 1 atom stereocenters. The Bertz CT molecular complexity index is 501. The van der Waals surface area contributed by atoms with Gasteiger partial charge in [-0.15, -0.1) is 12.4 Å². The van der Waals surface area contributed by atoms with Crippen molar-refractivity contribution < 1.29 is 14.4 Å². The Morgan fingerprint density at radius 3 is 2.37 bits per heavy atom. The van der Waals surface area contributed by atoms with E-state index in [-0.39, 0.29) is 35.8 Å². The van der Waals surface area contributed by atoms with Crippen LogP contribution in [0.15, 0.2) is 12.1 Å². The van der Waals surface area contributed by atoms with Crippen LogP contribution in [-0.2, 0) is 0 Å². The number of nitrogens with zero attached hydrogens (tertiary/aromatic N) is 2. The van der Waals surface area contributed by atoms with Crippen LogP contribution in [0.1, 0.15) is 18.0 Å². The van der Waals surface area contributed by atoms with Crippen LogP contribution in [0.4, 0.5) is 5.69 Å². The number of nitrogens with two attached hydrogens (primary N) is 1. The molecule has 1 aromatic carbocycles. The summed E-state index contributed by atoms with van der Waals surface area (Å²) in [5, 5.41) is 19.6. The molecule has 0 aliphatic heterocycles. The summed E-state index contributed by atoms with van der Waals surface area (Å²) >= 11 is 0. The van der Waals surface area contributed by atoms with Crippen LogP contribution >= 0.6 is 12.4 Å². The van der Waals surface area contributed by atoms with Gasteiger partial charge in [-0.05, 0) is 6.07 Å². The van der Waals surface area contributed by atoms with Gasteiger partial charge >= 0.3 is 0 Å². The topological polar surface area (TPSA) is 111 Å². The largest absolute Gasteiger partial charge is 0.493 e. The van der Waals surface area contributed by atoms with E-state index < -0.39 is 11.0 Å². The van der Waals surface area contributed by atoms with E-state index in [9.17, 15) is 10.1 Å². The quantitative estimate of drug-likeness (QED) is 0.654. The van der Waals surface area contributed by atoms with Gasteiger partial charge in [0.25, 0.3) is 5.69 Å². The van der Waals surface area contributed by atoms with Crippen molar-refractivity contribution in [1.82, 2.24) is 0 Å². The molecule has 0 amide bonds. The Morgan fingerprint density at radius 2 is 1.95 bits per heavy atom. The smallest absolute Gasteiger partial charge is 0.278 e. The molecular weight excluding hydrogens is 274 g/mol. The molecule has 1 rings (SSSR count). The number of nitriles is 1. The summed E-state index contributed by atoms with van der Waals surface area (Å²) in [6.07, 6.45) is -0.0175. The average molecular weight is 288 g/mol. The predicted molar refractivity (Wildman–Crippen MR) is 70.6 cm³/mol.